The predicted octanol–water partition coefficient (Wildman–Crippen LogP) is 3.01. The molecule has 0 heterocycles. The molecule has 2 N–H and O–H groups in total. The van der Waals surface area contributed by atoms with Crippen LogP contribution in [0.4, 0.5) is 10.5 Å². The topological polar surface area (TPSA) is 50.4 Å². The van der Waals surface area contributed by atoms with E-state index in [1.54, 1.807) is 13.2 Å². The van der Waals surface area contributed by atoms with E-state index >= 15 is 0 Å². The number of amides is 2. The minimum atomic E-state index is -0.205. The minimum absolute atomic E-state index is 0.204. The fraction of sp³-hybridized carbons (Fsp3) is 0.462. The third kappa shape index (κ3) is 4.34. The van der Waals surface area contributed by atoms with E-state index in [9.17, 15) is 4.79 Å². The quantitative estimate of drug-likeness (QED) is 0.844. The number of methoxy groups -OCH3 is 1. The van der Waals surface area contributed by atoms with E-state index in [0.29, 0.717) is 5.69 Å². The highest BCUT2D eigenvalue weighted by molar-refractivity contribution is 5.89. The molecule has 0 saturated carbocycles. The third-order valence-corrected chi connectivity index (χ3v) is 2.66. The number of carbonyl (C=O) groups excluding carboxylic acids is 1. The summed E-state index contributed by atoms with van der Waals surface area (Å²) in [6.07, 6.45) is 0.874. The number of hydrogen-bond donors (Lipinski definition) is 2. The Kier molecular flexibility index (Phi) is 4.37. The molecule has 1 rings (SSSR count). The second kappa shape index (κ2) is 5.57. The van der Waals surface area contributed by atoms with Gasteiger partial charge in [-0.2, -0.15) is 0 Å². The van der Waals surface area contributed by atoms with Crippen molar-refractivity contribution < 1.29 is 9.53 Å². The first-order chi connectivity index (χ1) is 7.96. The molecule has 2 amide bonds. The molecular weight excluding hydrogens is 216 g/mol. The van der Waals surface area contributed by atoms with E-state index in [1.807, 2.05) is 39.0 Å². The van der Waals surface area contributed by atoms with Gasteiger partial charge in [-0.05, 0) is 32.4 Å². The Hall–Kier alpha value is -1.71. The standard InChI is InChI=1S/C13H20N2O2/c1-5-13(2,3)15-12(16)14-10-7-6-8-11(9-10)17-4/h6-9H,5H2,1-4H3,(H2,14,15,16). The lowest BCUT2D eigenvalue weighted by Gasteiger charge is -2.24. The Labute approximate surface area is 102 Å². The van der Waals surface area contributed by atoms with Gasteiger partial charge in [-0.3, -0.25) is 0 Å². The molecule has 0 radical (unpaired) electrons. The molecule has 0 aliphatic carbocycles. The zero-order valence-electron chi connectivity index (χ0n) is 10.8. The van der Waals surface area contributed by atoms with Crippen LogP contribution in [-0.4, -0.2) is 18.7 Å². The Morgan fingerprint density at radius 2 is 2.12 bits per heavy atom. The molecule has 0 atom stereocenters. The molecular formula is C13H20N2O2. The average Bonchev–Trinajstić information content (AvgIpc) is 2.28. The van der Waals surface area contributed by atoms with E-state index in [-0.39, 0.29) is 11.6 Å². The predicted molar refractivity (Wildman–Crippen MR) is 69.5 cm³/mol. The van der Waals surface area contributed by atoms with Crippen molar-refractivity contribution in [2.24, 2.45) is 0 Å². The molecule has 1 aromatic carbocycles. The zero-order valence-corrected chi connectivity index (χ0v) is 10.8. The Morgan fingerprint density at radius 3 is 2.71 bits per heavy atom. The number of rotatable bonds is 4. The largest absolute Gasteiger partial charge is 0.497 e. The van der Waals surface area contributed by atoms with Crippen LogP contribution in [0.2, 0.25) is 0 Å². The summed E-state index contributed by atoms with van der Waals surface area (Å²) >= 11 is 0. The number of ether oxygens (including phenoxy) is 1. The summed E-state index contributed by atoms with van der Waals surface area (Å²) in [7, 11) is 1.60. The zero-order chi connectivity index (χ0) is 12.9. The molecule has 17 heavy (non-hydrogen) atoms. The molecule has 0 bridgehead atoms. The van der Waals surface area contributed by atoms with Crippen LogP contribution in [0.3, 0.4) is 0 Å². The Morgan fingerprint density at radius 1 is 1.41 bits per heavy atom. The first kappa shape index (κ1) is 13.4. The number of anilines is 1. The van der Waals surface area contributed by atoms with Crippen molar-refractivity contribution in [3.8, 4) is 5.75 Å². The van der Waals surface area contributed by atoms with Crippen molar-refractivity contribution in [3.05, 3.63) is 24.3 Å². The maximum Gasteiger partial charge on any atom is 0.319 e. The van der Waals surface area contributed by atoms with Gasteiger partial charge in [0.1, 0.15) is 5.75 Å². The van der Waals surface area contributed by atoms with Crippen LogP contribution in [0.5, 0.6) is 5.75 Å². The van der Waals surface area contributed by atoms with Crippen LogP contribution < -0.4 is 15.4 Å². The second-order valence-electron chi connectivity index (χ2n) is 4.55. The lowest BCUT2D eigenvalue weighted by atomic mass is 10.0. The van der Waals surface area contributed by atoms with E-state index in [2.05, 4.69) is 10.6 Å². The molecule has 0 unspecified atom stereocenters. The summed E-state index contributed by atoms with van der Waals surface area (Å²) in [6, 6.07) is 7.06. The van der Waals surface area contributed by atoms with E-state index in [0.717, 1.165) is 12.2 Å². The highest BCUT2D eigenvalue weighted by Gasteiger charge is 2.17. The van der Waals surface area contributed by atoms with Crippen LogP contribution in [0, 0.1) is 0 Å². The second-order valence-corrected chi connectivity index (χ2v) is 4.55. The molecule has 0 spiro atoms. The Bertz CT molecular complexity index is 389. The van der Waals surface area contributed by atoms with Crippen LogP contribution in [0.15, 0.2) is 24.3 Å². The van der Waals surface area contributed by atoms with Gasteiger partial charge in [-0.1, -0.05) is 13.0 Å². The summed E-state index contributed by atoms with van der Waals surface area (Å²) in [4.78, 5) is 11.7. The minimum Gasteiger partial charge on any atom is -0.497 e. The van der Waals surface area contributed by atoms with E-state index in [1.165, 1.54) is 0 Å². The van der Waals surface area contributed by atoms with Crippen molar-refractivity contribution in [1.29, 1.82) is 0 Å². The molecule has 0 aliphatic rings. The molecule has 0 aromatic heterocycles. The summed E-state index contributed by atoms with van der Waals surface area (Å²) in [6.45, 7) is 6.00. The maximum atomic E-state index is 11.7. The van der Waals surface area contributed by atoms with Crippen LogP contribution in [0.25, 0.3) is 0 Å². The monoisotopic (exact) mass is 236 g/mol. The van der Waals surface area contributed by atoms with E-state index < -0.39 is 0 Å². The van der Waals surface area contributed by atoms with Crippen LogP contribution in [0.1, 0.15) is 27.2 Å². The summed E-state index contributed by atoms with van der Waals surface area (Å²) < 4.78 is 5.09. The fourth-order valence-electron chi connectivity index (χ4n) is 1.26. The van der Waals surface area contributed by atoms with Crippen molar-refractivity contribution >= 4 is 11.7 Å². The third-order valence-electron chi connectivity index (χ3n) is 2.66. The highest BCUT2D eigenvalue weighted by Crippen LogP contribution is 2.17. The number of nitrogens with one attached hydrogen (secondary N) is 2. The van der Waals surface area contributed by atoms with Gasteiger partial charge in [0.05, 0.1) is 7.11 Å². The van der Waals surface area contributed by atoms with Gasteiger partial charge in [0.15, 0.2) is 0 Å². The van der Waals surface area contributed by atoms with Crippen LogP contribution in [-0.2, 0) is 0 Å². The van der Waals surface area contributed by atoms with Gasteiger partial charge in [0, 0.05) is 17.3 Å². The fourth-order valence-corrected chi connectivity index (χ4v) is 1.26. The molecule has 0 aliphatic heterocycles. The van der Waals surface area contributed by atoms with Gasteiger partial charge >= 0.3 is 6.03 Å². The van der Waals surface area contributed by atoms with Gasteiger partial charge in [0.25, 0.3) is 0 Å². The van der Waals surface area contributed by atoms with Gasteiger partial charge < -0.3 is 15.4 Å². The molecule has 4 nitrogen and oxygen atoms in total. The molecule has 94 valence electrons. The van der Waals surface area contributed by atoms with Gasteiger partial charge in [-0.15, -0.1) is 0 Å². The van der Waals surface area contributed by atoms with Crippen molar-refractivity contribution in [3.63, 3.8) is 0 Å². The van der Waals surface area contributed by atoms with Gasteiger partial charge in [-0.25, -0.2) is 4.79 Å². The lowest BCUT2D eigenvalue weighted by molar-refractivity contribution is 0.240. The maximum absolute atomic E-state index is 11.7. The number of urea groups is 1. The summed E-state index contributed by atoms with van der Waals surface area (Å²) in [5, 5.41) is 5.68. The van der Waals surface area contributed by atoms with Crippen LogP contribution >= 0.6 is 0 Å². The molecule has 0 fully saturated rings. The van der Waals surface area contributed by atoms with E-state index in [4.69, 9.17) is 4.74 Å². The van der Waals surface area contributed by atoms with Gasteiger partial charge in [0.2, 0.25) is 0 Å². The highest BCUT2D eigenvalue weighted by atomic mass is 16.5. The summed E-state index contributed by atoms with van der Waals surface area (Å²) in [5.74, 6) is 0.720. The normalized spacial score (nSPS) is 10.8. The molecule has 1 aromatic rings. The molecule has 0 saturated heterocycles. The number of benzene rings is 1. The van der Waals surface area contributed by atoms with Crippen molar-refractivity contribution in [2.75, 3.05) is 12.4 Å². The van der Waals surface area contributed by atoms with Crippen molar-refractivity contribution in [2.45, 2.75) is 32.7 Å². The number of carbonyl (C=O) groups is 1. The summed E-state index contributed by atoms with van der Waals surface area (Å²) in [5.41, 5.74) is 0.511. The SMILES string of the molecule is CCC(C)(C)NC(=O)Nc1cccc(OC)c1. The first-order valence-electron chi connectivity index (χ1n) is 5.70. The molecule has 4 heteroatoms. The smallest absolute Gasteiger partial charge is 0.319 e. The average molecular weight is 236 g/mol. The first-order valence-corrected chi connectivity index (χ1v) is 5.70. The Balaban J connectivity index is 2.62. The lowest BCUT2D eigenvalue weighted by Crippen LogP contribution is -2.45. The van der Waals surface area contributed by atoms with Crippen molar-refractivity contribution in [1.82, 2.24) is 5.32 Å². The number of hydrogen-bond acceptors (Lipinski definition) is 2.